The van der Waals surface area contributed by atoms with Gasteiger partial charge >= 0.3 is 0 Å². The van der Waals surface area contributed by atoms with E-state index >= 15 is 0 Å². The van der Waals surface area contributed by atoms with E-state index in [1.807, 2.05) is 25.1 Å². The van der Waals surface area contributed by atoms with Crippen molar-refractivity contribution < 1.29 is 0 Å². The fraction of sp³-hybridized carbons (Fsp3) is 0.647. The Bertz CT molecular complexity index is 435. The van der Waals surface area contributed by atoms with E-state index in [9.17, 15) is 0 Å². The van der Waals surface area contributed by atoms with Crippen molar-refractivity contribution in [1.29, 1.82) is 0 Å². The minimum atomic E-state index is 0.603. The van der Waals surface area contributed by atoms with Crippen molar-refractivity contribution in [2.75, 3.05) is 24.3 Å². The second kappa shape index (κ2) is 6.71. The quantitative estimate of drug-likeness (QED) is 0.837. The third-order valence-corrected chi connectivity index (χ3v) is 4.82. The molecule has 2 nitrogen and oxygen atoms in total. The largest absolute Gasteiger partial charge is 0.382 e. The minimum absolute atomic E-state index is 0.603. The molecule has 3 heteroatoms. The molecule has 1 aromatic carbocycles. The lowest BCUT2D eigenvalue weighted by Crippen LogP contribution is -2.27. The lowest BCUT2D eigenvalue weighted by molar-refractivity contribution is 0.267. The summed E-state index contributed by atoms with van der Waals surface area (Å²) in [6.45, 7) is 4.69. The number of hydrogen-bond acceptors (Lipinski definition) is 2. The highest BCUT2D eigenvalue weighted by atomic mass is 35.5. The van der Waals surface area contributed by atoms with Gasteiger partial charge in [-0.2, -0.15) is 0 Å². The van der Waals surface area contributed by atoms with Crippen molar-refractivity contribution >= 4 is 23.0 Å². The molecule has 0 bridgehead atoms. The van der Waals surface area contributed by atoms with E-state index in [2.05, 4.69) is 31.3 Å². The van der Waals surface area contributed by atoms with Crippen molar-refractivity contribution in [2.45, 2.75) is 45.6 Å². The molecule has 0 aliphatic heterocycles. The predicted octanol–water partition coefficient (Wildman–Crippen LogP) is 5.03. The Morgan fingerprint density at radius 1 is 1.15 bits per heavy atom. The molecule has 2 rings (SSSR count). The Morgan fingerprint density at radius 3 is 2.30 bits per heavy atom. The van der Waals surface area contributed by atoms with Crippen LogP contribution in [0.25, 0.3) is 0 Å². The smallest absolute Gasteiger partial charge is 0.0659 e. The third kappa shape index (κ3) is 3.82. The molecule has 0 amide bonds. The highest BCUT2D eigenvalue weighted by molar-refractivity contribution is 6.33. The summed E-state index contributed by atoms with van der Waals surface area (Å²) in [6, 6.07) is 6.87. The SMILES string of the molecule is CC(C)C1CCC(Nc2ccc(N(C)C)c(Cl)c2)CC1. The van der Waals surface area contributed by atoms with Gasteiger partial charge in [0.05, 0.1) is 10.7 Å². The highest BCUT2D eigenvalue weighted by Gasteiger charge is 2.23. The van der Waals surface area contributed by atoms with Crippen molar-refractivity contribution in [3.05, 3.63) is 23.2 Å². The number of anilines is 2. The zero-order valence-electron chi connectivity index (χ0n) is 13.1. The van der Waals surface area contributed by atoms with Crippen LogP contribution in [0.3, 0.4) is 0 Å². The lowest BCUT2D eigenvalue weighted by atomic mass is 9.79. The standard InChI is InChI=1S/C17H27ClN2/c1-12(2)13-5-7-14(8-6-13)19-15-9-10-17(20(3)4)16(18)11-15/h9-14,19H,5-8H2,1-4H3. The summed E-state index contributed by atoms with van der Waals surface area (Å²) in [5.41, 5.74) is 2.22. The molecule has 20 heavy (non-hydrogen) atoms. The third-order valence-electron chi connectivity index (χ3n) is 4.51. The maximum Gasteiger partial charge on any atom is 0.0659 e. The molecule has 112 valence electrons. The van der Waals surface area contributed by atoms with E-state index in [1.54, 1.807) is 0 Å². The van der Waals surface area contributed by atoms with E-state index < -0.39 is 0 Å². The Balaban J connectivity index is 1.93. The summed E-state index contributed by atoms with van der Waals surface area (Å²) in [5, 5.41) is 4.46. The number of nitrogens with zero attached hydrogens (tertiary/aromatic N) is 1. The summed E-state index contributed by atoms with van der Waals surface area (Å²) >= 11 is 6.33. The molecule has 1 saturated carbocycles. The van der Waals surface area contributed by atoms with Gasteiger partial charge in [-0.1, -0.05) is 25.4 Å². The van der Waals surface area contributed by atoms with E-state index in [0.717, 1.165) is 28.2 Å². The van der Waals surface area contributed by atoms with Crippen LogP contribution in [-0.4, -0.2) is 20.1 Å². The van der Waals surface area contributed by atoms with Gasteiger partial charge < -0.3 is 10.2 Å². The van der Waals surface area contributed by atoms with E-state index in [4.69, 9.17) is 11.6 Å². The average molecular weight is 295 g/mol. The molecule has 0 spiro atoms. The number of halogens is 1. The molecule has 0 heterocycles. The first-order valence-electron chi connectivity index (χ1n) is 7.70. The van der Waals surface area contributed by atoms with Crippen molar-refractivity contribution in [2.24, 2.45) is 11.8 Å². The lowest BCUT2D eigenvalue weighted by Gasteiger charge is -2.32. The fourth-order valence-corrected chi connectivity index (χ4v) is 3.47. The van der Waals surface area contributed by atoms with Crippen molar-refractivity contribution in [3.8, 4) is 0 Å². The second-order valence-corrected chi connectivity index (χ2v) is 6.97. The molecule has 0 atom stereocenters. The number of benzene rings is 1. The molecule has 0 aromatic heterocycles. The van der Waals surface area contributed by atoms with Crippen LogP contribution < -0.4 is 10.2 Å². The molecule has 1 aromatic rings. The van der Waals surface area contributed by atoms with Gasteiger partial charge in [0.25, 0.3) is 0 Å². The van der Waals surface area contributed by atoms with Crippen LogP contribution >= 0.6 is 11.6 Å². The first kappa shape index (κ1) is 15.5. The summed E-state index contributed by atoms with van der Waals surface area (Å²) in [5.74, 6) is 1.73. The van der Waals surface area contributed by atoms with Crippen LogP contribution in [0.4, 0.5) is 11.4 Å². The van der Waals surface area contributed by atoms with E-state index in [0.29, 0.717) is 6.04 Å². The summed E-state index contributed by atoms with van der Waals surface area (Å²) in [6.07, 6.45) is 5.24. The van der Waals surface area contributed by atoms with Gasteiger partial charge in [-0.05, 0) is 55.7 Å². The number of nitrogens with one attached hydrogen (secondary N) is 1. The van der Waals surface area contributed by atoms with Crippen LogP contribution in [-0.2, 0) is 0 Å². The van der Waals surface area contributed by atoms with E-state index in [-0.39, 0.29) is 0 Å². The first-order valence-corrected chi connectivity index (χ1v) is 8.08. The zero-order valence-corrected chi connectivity index (χ0v) is 13.9. The van der Waals surface area contributed by atoms with Crippen LogP contribution in [0, 0.1) is 11.8 Å². The molecule has 0 radical (unpaired) electrons. The summed E-state index contributed by atoms with van der Waals surface area (Å²) < 4.78 is 0. The van der Waals surface area contributed by atoms with Gasteiger partial charge in [0.2, 0.25) is 0 Å². The van der Waals surface area contributed by atoms with Gasteiger partial charge in [0.1, 0.15) is 0 Å². The van der Waals surface area contributed by atoms with Gasteiger partial charge in [-0.15, -0.1) is 0 Å². The maximum absolute atomic E-state index is 6.33. The van der Waals surface area contributed by atoms with Crippen LogP contribution in [0.2, 0.25) is 5.02 Å². The molecule has 1 fully saturated rings. The van der Waals surface area contributed by atoms with Gasteiger partial charge in [-0.3, -0.25) is 0 Å². The molecule has 1 aliphatic carbocycles. The average Bonchev–Trinajstić information content (AvgIpc) is 2.39. The van der Waals surface area contributed by atoms with Gasteiger partial charge in [-0.25, -0.2) is 0 Å². The zero-order chi connectivity index (χ0) is 14.7. The number of hydrogen-bond donors (Lipinski definition) is 1. The van der Waals surface area contributed by atoms with Crippen LogP contribution in [0.15, 0.2) is 18.2 Å². The fourth-order valence-electron chi connectivity index (χ4n) is 3.13. The van der Waals surface area contributed by atoms with Crippen molar-refractivity contribution in [3.63, 3.8) is 0 Å². The van der Waals surface area contributed by atoms with Gasteiger partial charge in [0.15, 0.2) is 0 Å². The van der Waals surface area contributed by atoms with Crippen molar-refractivity contribution in [1.82, 2.24) is 0 Å². The molecular formula is C17H27ClN2. The predicted molar refractivity (Wildman–Crippen MR) is 90.0 cm³/mol. The topological polar surface area (TPSA) is 15.3 Å². The Morgan fingerprint density at radius 2 is 1.80 bits per heavy atom. The number of rotatable bonds is 4. The minimum Gasteiger partial charge on any atom is -0.382 e. The first-order chi connectivity index (χ1) is 9.47. The Kier molecular flexibility index (Phi) is 5.20. The van der Waals surface area contributed by atoms with Crippen LogP contribution in [0.5, 0.6) is 0 Å². The molecular weight excluding hydrogens is 268 g/mol. The Labute approximate surface area is 128 Å². The monoisotopic (exact) mass is 294 g/mol. The maximum atomic E-state index is 6.33. The van der Waals surface area contributed by atoms with E-state index in [1.165, 1.54) is 25.7 Å². The normalized spacial score (nSPS) is 22.9. The van der Waals surface area contributed by atoms with Gasteiger partial charge in [0, 0.05) is 25.8 Å². The second-order valence-electron chi connectivity index (χ2n) is 6.56. The molecule has 0 unspecified atom stereocenters. The Hall–Kier alpha value is -0.890. The summed E-state index contributed by atoms with van der Waals surface area (Å²) in [7, 11) is 4.03. The summed E-state index contributed by atoms with van der Waals surface area (Å²) in [4.78, 5) is 2.04. The molecule has 0 saturated heterocycles. The van der Waals surface area contributed by atoms with Crippen LogP contribution in [0.1, 0.15) is 39.5 Å². The molecule has 1 aliphatic rings. The highest BCUT2D eigenvalue weighted by Crippen LogP contribution is 2.33. The molecule has 1 N–H and O–H groups in total.